The zero-order chi connectivity index (χ0) is 23.1. The highest BCUT2D eigenvalue weighted by molar-refractivity contribution is 6.07. The average Bonchev–Trinajstić information content (AvgIpc) is 2.82. The second-order valence-corrected chi connectivity index (χ2v) is 6.55. The summed E-state index contributed by atoms with van der Waals surface area (Å²) in [5.74, 6) is -0.140. The quantitative estimate of drug-likeness (QED) is 0.215. The summed E-state index contributed by atoms with van der Waals surface area (Å²) >= 11 is 0. The van der Waals surface area contributed by atoms with E-state index >= 15 is 0 Å². The summed E-state index contributed by atoms with van der Waals surface area (Å²) in [5, 5.41) is 0. The molecule has 0 saturated carbocycles. The number of methoxy groups -OCH3 is 3. The van der Waals surface area contributed by atoms with Crippen molar-refractivity contribution in [2.24, 2.45) is 0 Å². The monoisotopic (exact) mass is 436 g/mol. The molecule has 0 N–H and O–H groups in total. The predicted molar refractivity (Wildman–Crippen MR) is 117 cm³/mol. The van der Waals surface area contributed by atoms with Gasteiger partial charge in [-0.1, -0.05) is 18.2 Å². The Bertz CT molecular complexity index is 1130. The van der Waals surface area contributed by atoms with E-state index < -0.39 is 11.8 Å². The zero-order valence-electron chi connectivity index (χ0n) is 17.8. The minimum absolute atomic E-state index is 0.166. The van der Waals surface area contributed by atoms with Crippen molar-refractivity contribution in [1.82, 2.24) is 0 Å². The first-order valence-corrected chi connectivity index (χ1v) is 9.56. The van der Waals surface area contributed by atoms with Crippen LogP contribution in [-0.4, -0.2) is 33.1 Å². The van der Waals surface area contributed by atoms with Gasteiger partial charge in [-0.2, -0.15) is 0 Å². The number of carbonyl (C=O) groups excluding carboxylic acids is 2. The highest BCUT2D eigenvalue weighted by Gasteiger charge is 2.14. The third kappa shape index (κ3) is 5.13. The van der Waals surface area contributed by atoms with E-state index in [1.165, 1.54) is 69.9 Å². The Kier molecular flexibility index (Phi) is 7.23. The van der Waals surface area contributed by atoms with Gasteiger partial charge in [0.15, 0.2) is 17.3 Å². The largest absolute Gasteiger partial charge is 0.493 e. The van der Waals surface area contributed by atoms with E-state index in [9.17, 15) is 14.0 Å². The van der Waals surface area contributed by atoms with E-state index in [1.54, 1.807) is 24.3 Å². The third-order valence-electron chi connectivity index (χ3n) is 4.56. The average molecular weight is 436 g/mol. The Balaban J connectivity index is 1.72. The molecule has 0 aliphatic heterocycles. The number of rotatable bonds is 8. The fraction of sp³-hybridized carbons (Fsp3) is 0.120. The molecule has 0 saturated heterocycles. The second-order valence-electron chi connectivity index (χ2n) is 6.55. The van der Waals surface area contributed by atoms with Crippen molar-refractivity contribution in [2.45, 2.75) is 0 Å². The zero-order valence-corrected chi connectivity index (χ0v) is 17.8. The maximum Gasteiger partial charge on any atom is 0.346 e. The minimum Gasteiger partial charge on any atom is -0.493 e. The number of hydrogen-bond acceptors (Lipinski definition) is 6. The van der Waals surface area contributed by atoms with Gasteiger partial charge in [-0.3, -0.25) is 4.79 Å². The van der Waals surface area contributed by atoms with Crippen LogP contribution in [0.15, 0.2) is 66.7 Å². The minimum atomic E-state index is -0.815. The Labute approximate surface area is 184 Å². The second kappa shape index (κ2) is 10.3. The first-order chi connectivity index (χ1) is 15.5. The number of ether oxygens (including phenoxy) is 4. The van der Waals surface area contributed by atoms with Crippen molar-refractivity contribution in [3.8, 4) is 23.0 Å². The maximum absolute atomic E-state index is 13.7. The van der Waals surface area contributed by atoms with Crippen LogP contribution in [0.3, 0.4) is 0 Å². The summed E-state index contributed by atoms with van der Waals surface area (Å²) in [4.78, 5) is 24.6. The van der Waals surface area contributed by atoms with Crippen LogP contribution in [0.25, 0.3) is 6.08 Å². The highest BCUT2D eigenvalue weighted by atomic mass is 19.1. The van der Waals surface area contributed by atoms with Gasteiger partial charge in [-0.15, -0.1) is 0 Å². The number of benzene rings is 3. The van der Waals surface area contributed by atoms with Crippen LogP contribution in [0.5, 0.6) is 23.0 Å². The van der Waals surface area contributed by atoms with Crippen LogP contribution >= 0.6 is 0 Å². The molecule has 32 heavy (non-hydrogen) atoms. The number of allylic oxidation sites excluding steroid dienone is 1. The van der Waals surface area contributed by atoms with E-state index in [0.717, 1.165) is 0 Å². The summed E-state index contributed by atoms with van der Waals surface area (Å²) in [6, 6.07) is 15.0. The molecule has 3 aromatic rings. The van der Waals surface area contributed by atoms with Gasteiger partial charge < -0.3 is 18.9 Å². The molecule has 3 rings (SSSR count). The molecule has 0 aromatic heterocycles. The van der Waals surface area contributed by atoms with Gasteiger partial charge >= 0.3 is 5.97 Å². The lowest BCUT2D eigenvalue weighted by atomic mass is 10.1. The molecule has 0 spiro atoms. The molecule has 0 radical (unpaired) electrons. The lowest BCUT2D eigenvalue weighted by Crippen LogP contribution is -2.10. The van der Waals surface area contributed by atoms with Crippen molar-refractivity contribution in [3.63, 3.8) is 0 Å². The van der Waals surface area contributed by atoms with Crippen LogP contribution in [0, 0.1) is 5.82 Å². The van der Waals surface area contributed by atoms with Gasteiger partial charge in [-0.25, -0.2) is 9.18 Å². The van der Waals surface area contributed by atoms with E-state index in [4.69, 9.17) is 18.9 Å². The van der Waals surface area contributed by atoms with Crippen LogP contribution < -0.4 is 18.9 Å². The van der Waals surface area contributed by atoms with E-state index in [1.807, 2.05) is 0 Å². The van der Waals surface area contributed by atoms with Crippen LogP contribution in [0.4, 0.5) is 4.39 Å². The standard InChI is InChI=1S/C25H21FO6/c1-29-22-14-16(15-23(30-2)24(22)31-3)8-13-21(27)17-9-11-18(12-10-17)32-25(28)19-6-4-5-7-20(19)26/h4-15H,1-3H3/b13-8+. The van der Waals surface area contributed by atoms with Crippen molar-refractivity contribution in [1.29, 1.82) is 0 Å². The Morgan fingerprint density at radius 3 is 2.03 bits per heavy atom. The first-order valence-electron chi connectivity index (χ1n) is 9.56. The van der Waals surface area contributed by atoms with Crippen molar-refractivity contribution in [3.05, 3.63) is 89.2 Å². The van der Waals surface area contributed by atoms with Crippen molar-refractivity contribution in [2.75, 3.05) is 21.3 Å². The van der Waals surface area contributed by atoms with Gasteiger partial charge in [0, 0.05) is 5.56 Å². The molecule has 0 bridgehead atoms. The Hall–Kier alpha value is -4.13. The van der Waals surface area contributed by atoms with Gasteiger partial charge in [0.25, 0.3) is 0 Å². The molecule has 7 heteroatoms. The molecular weight excluding hydrogens is 415 g/mol. The molecule has 0 heterocycles. The molecule has 0 fully saturated rings. The normalized spacial score (nSPS) is 10.6. The number of halogens is 1. The fourth-order valence-corrected chi connectivity index (χ4v) is 2.94. The molecule has 0 amide bonds. The highest BCUT2D eigenvalue weighted by Crippen LogP contribution is 2.38. The summed E-state index contributed by atoms with van der Waals surface area (Å²) in [6.07, 6.45) is 3.03. The topological polar surface area (TPSA) is 71.1 Å². The maximum atomic E-state index is 13.7. The van der Waals surface area contributed by atoms with Gasteiger partial charge in [0.05, 0.1) is 26.9 Å². The molecular formula is C25H21FO6. The molecule has 0 unspecified atom stereocenters. The fourth-order valence-electron chi connectivity index (χ4n) is 2.94. The summed E-state index contributed by atoms with van der Waals surface area (Å²) in [6.45, 7) is 0. The van der Waals surface area contributed by atoms with Gasteiger partial charge in [-0.05, 0) is 60.2 Å². The number of ketones is 1. The lowest BCUT2D eigenvalue weighted by Gasteiger charge is -2.12. The molecule has 0 atom stereocenters. The van der Waals surface area contributed by atoms with E-state index in [-0.39, 0.29) is 17.1 Å². The molecule has 0 aliphatic carbocycles. The first kappa shape index (κ1) is 22.6. The molecule has 0 aliphatic rings. The summed E-state index contributed by atoms with van der Waals surface area (Å²) < 4.78 is 34.8. The van der Waals surface area contributed by atoms with Gasteiger partial charge in [0.1, 0.15) is 11.6 Å². The van der Waals surface area contributed by atoms with Crippen LogP contribution in [0.1, 0.15) is 26.3 Å². The summed E-state index contributed by atoms with van der Waals surface area (Å²) in [5.41, 5.74) is 0.906. The van der Waals surface area contributed by atoms with E-state index in [0.29, 0.717) is 28.4 Å². The smallest absolute Gasteiger partial charge is 0.346 e. The van der Waals surface area contributed by atoms with Crippen molar-refractivity contribution < 1.29 is 32.9 Å². The molecule has 164 valence electrons. The Morgan fingerprint density at radius 2 is 1.47 bits per heavy atom. The van der Waals surface area contributed by atoms with Crippen LogP contribution in [0.2, 0.25) is 0 Å². The Morgan fingerprint density at radius 1 is 0.844 bits per heavy atom. The summed E-state index contributed by atoms with van der Waals surface area (Å²) in [7, 11) is 4.53. The van der Waals surface area contributed by atoms with Gasteiger partial charge in [0.2, 0.25) is 5.75 Å². The lowest BCUT2D eigenvalue weighted by molar-refractivity contribution is 0.0730. The predicted octanol–water partition coefficient (Wildman–Crippen LogP) is 4.97. The number of hydrogen-bond donors (Lipinski definition) is 0. The van der Waals surface area contributed by atoms with Crippen LogP contribution in [-0.2, 0) is 0 Å². The van der Waals surface area contributed by atoms with E-state index in [2.05, 4.69) is 0 Å². The molecule has 6 nitrogen and oxygen atoms in total. The number of esters is 1. The SMILES string of the molecule is COc1cc(/C=C/C(=O)c2ccc(OC(=O)c3ccccc3F)cc2)cc(OC)c1OC. The third-order valence-corrected chi connectivity index (χ3v) is 4.56. The number of carbonyl (C=O) groups is 2. The van der Waals surface area contributed by atoms with Crippen molar-refractivity contribution >= 4 is 17.8 Å². The molecule has 3 aromatic carbocycles.